The summed E-state index contributed by atoms with van der Waals surface area (Å²) in [6.07, 6.45) is 0.917. The first kappa shape index (κ1) is 13.3. The molecule has 0 aliphatic carbocycles. The van der Waals surface area contributed by atoms with E-state index in [-0.39, 0.29) is 11.7 Å². The predicted molar refractivity (Wildman–Crippen MR) is 58.4 cm³/mol. The van der Waals surface area contributed by atoms with Crippen LogP contribution in [0.5, 0.6) is 0 Å². The van der Waals surface area contributed by atoms with Crippen LogP contribution in [0.4, 0.5) is 4.79 Å². The van der Waals surface area contributed by atoms with Gasteiger partial charge in [-0.2, -0.15) is 0 Å². The van der Waals surface area contributed by atoms with Crippen LogP contribution in [-0.2, 0) is 4.74 Å². The Morgan fingerprint density at radius 3 is 2.07 bits per heavy atom. The number of nitrogens with zero attached hydrogens (tertiary/aromatic N) is 1. The molecule has 84 valence electrons. The summed E-state index contributed by atoms with van der Waals surface area (Å²) in [5, 5.41) is 0. The molecule has 0 N–H and O–H groups in total. The average Bonchev–Trinajstić information content (AvgIpc) is 2.02. The molecule has 1 heterocycles. The summed E-state index contributed by atoms with van der Waals surface area (Å²) in [5.41, 5.74) is -0.369. The molecular formula is C11H23NO2. The second-order valence-corrected chi connectivity index (χ2v) is 4.31. The van der Waals surface area contributed by atoms with Crippen molar-refractivity contribution >= 4 is 6.09 Å². The first-order valence-corrected chi connectivity index (χ1v) is 5.40. The van der Waals surface area contributed by atoms with Gasteiger partial charge in [-0.15, -0.1) is 0 Å². The standard InChI is InChI=1S/C9H17NO2.C2H6/c1-7-5-6-10(7)8(11)12-9(2,3)4;1-2/h7H,5-6H2,1-4H3;1-2H3. The van der Waals surface area contributed by atoms with Crippen LogP contribution >= 0.6 is 0 Å². The highest BCUT2D eigenvalue weighted by atomic mass is 16.6. The topological polar surface area (TPSA) is 29.5 Å². The molecule has 14 heavy (non-hydrogen) atoms. The minimum absolute atomic E-state index is 0.179. The second-order valence-electron chi connectivity index (χ2n) is 4.31. The van der Waals surface area contributed by atoms with Gasteiger partial charge in [0.15, 0.2) is 0 Å². The summed E-state index contributed by atoms with van der Waals surface area (Å²) in [6, 6.07) is 0.361. The lowest BCUT2D eigenvalue weighted by atomic mass is 10.1. The van der Waals surface area contributed by atoms with Crippen LogP contribution in [0, 0.1) is 0 Å². The zero-order valence-electron chi connectivity index (χ0n) is 10.3. The van der Waals surface area contributed by atoms with E-state index >= 15 is 0 Å². The fourth-order valence-corrected chi connectivity index (χ4v) is 1.11. The smallest absolute Gasteiger partial charge is 0.410 e. The van der Waals surface area contributed by atoms with E-state index < -0.39 is 0 Å². The van der Waals surface area contributed by atoms with Gasteiger partial charge in [-0.3, -0.25) is 0 Å². The SMILES string of the molecule is CC.CC1CCN1C(=O)OC(C)(C)C. The maximum atomic E-state index is 11.4. The fourth-order valence-electron chi connectivity index (χ4n) is 1.11. The number of hydrogen-bond acceptors (Lipinski definition) is 2. The van der Waals surface area contributed by atoms with Crippen molar-refractivity contribution < 1.29 is 9.53 Å². The van der Waals surface area contributed by atoms with Crippen molar-refractivity contribution in [2.45, 2.75) is 59.6 Å². The van der Waals surface area contributed by atoms with Crippen molar-refractivity contribution in [2.24, 2.45) is 0 Å². The molecule has 0 spiro atoms. The zero-order chi connectivity index (χ0) is 11.4. The molecule has 0 aromatic heterocycles. The van der Waals surface area contributed by atoms with Crippen molar-refractivity contribution in [3.63, 3.8) is 0 Å². The Bertz CT molecular complexity index is 184. The summed E-state index contributed by atoms with van der Waals surface area (Å²) < 4.78 is 5.20. The Balaban J connectivity index is 0.000000791. The number of ether oxygens (including phenoxy) is 1. The molecule has 3 heteroatoms. The number of amides is 1. The monoisotopic (exact) mass is 201 g/mol. The van der Waals surface area contributed by atoms with E-state index in [4.69, 9.17) is 4.74 Å². The second kappa shape index (κ2) is 5.23. The van der Waals surface area contributed by atoms with Gasteiger partial charge in [0.2, 0.25) is 0 Å². The molecule has 1 rings (SSSR count). The summed E-state index contributed by atoms with van der Waals surface area (Å²) >= 11 is 0. The number of hydrogen-bond donors (Lipinski definition) is 0. The molecule has 0 aromatic carbocycles. The van der Waals surface area contributed by atoms with Gasteiger partial charge < -0.3 is 9.64 Å². The molecule has 0 radical (unpaired) electrons. The maximum absolute atomic E-state index is 11.4. The third-order valence-electron chi connectivity index (χ3n) is 1.95. The Labute approximate surface area is 87.4 Å². The molecular weight excluding hydrogens is 178 g/mol. The van der Waals surface area contributed by atoms with Crippen molar-refractivity contribution in [1.29, 1.82) is 0 Å². The van der Waals surface area contributed by atoms with Crippen LogP contribution < -0.4 is 0 Å². The maximum Gasteiger partial charge on any atom is 0.410 e. The van der Waals surface area contributed by atoms with Crippen molar-refractivity contribution in [1.82, 2.24) is 4.90 Å². The normalized spacial score (nSPS) is 20.4. The lowest BCUT2D eigenvalue weighted by Gasteiger charge is -2.39. The van der Waals surface area contributed by atoms with Gasteiger partial charge in [0.25, 0.3) is 0 Å². The van der Waals surface area contributed by atoms with Gasteiger partial charge in [-0.1, -0.05) is 13.8 Å². The molecule has 1 atom stereocenters. The van der Waals surface area contributed by atoms with E-state index in [1.165, 1.54) is 0 Å². The molecule has 3 nitrogen and oxygen atoms in total. The van der Waals surface area contributed by atoms with Crippen LogP contribution in [0.1, 0.15) is 48.0 Å². The highest BCUT2D eigenvalue weighted by Crippen LogP contribution is 2.20. The molecule has 1 saturated heterocycles. The Morgan fingerprint density at radius 1 is 1.36 bits per heavy atom. The van der Waals surface area contributed by atoms with Crippen LogP contribution in [0.2, 0.25) is 0 Å². The highest BCUT2D eigenvalue weighted by molar-refractivity contribution is 5.69. The molecule has 1 amide bonds. The molecule has 1 unspecified atom stereocenters. The van der Waals surface area contributed by atoms with E-state index in [1.807, 2.05) is 41.5 Å². The lowest BCUT2D eigenvalue weighted by Crippen LogP contribution is -2.51. The molecule has 0 aromatic rings. The minimum atomic E-state index is -0.369. The first-order chi connectivity index (χ1) is 6.40. The fraction of sp³-hybridized carbons (Fsp3) is 0.909. The molecule has 0 saturated carbocycles. The molecule has 1 aliphatic rings. The van der Waals surface area contributed by atoms with E-state index in [1.54, 1.807) is 4.90 Å². The van der Waals surface area contributed by atoms with Gasteiger partial charge in [-0.25, -0.2) is 4.79 Å². The lowest BCUT2D eigenvalue weighted by molar-refractivity contribution is -0.00172. The van der Waals surface area contributed by atoms with Crippen LogP contribution in [-0.4, -0.2) is 29.2 Å². The third-order valence-corrected chi connectivity index (χ3v) is 1.95. The first-order valence-electron chi connectivity index (χ1n) is 5.40. The third kappa shape index (κ3) is 3.99. The molecule has 0 bridgehead atoms. The van der Waals surface area contributed by atoms with Crippen molar-refractivity contribution in [3.05, 3.63) is 0 Å². The van der Waals surface area contributed by atoms with Gasteiger partial charge in [0.1, 0.15) is 5.60 Å². The van der Waals surface area contributed by atoms with E-state index in [9.17, 15) is 4.79 Å². The Kier molecular flexibility index (Phi) is 4.95. The van der Waals surface area contributed by atoms with Crippen LogP contribution in [0.25, 0.3) is 0 Å². The largest absolute Gasteiger partial charge is 0.444 e. The average molecular weight is 201 g/mol. The quantitative estimate of drug-likeness (QED) is 0.603. The van der Waals surface area contributed by atoms with Gasteiger partial charge in [0, 0.05) is 12.6 Å². The number of carbonyl (C=O) groups is 1. The Morgan fingerprint density at radius 2 is 1.86 bits per heavy atom. The predicted octanol–water partition coefficient (Wildman–Crippen LogP) is 3.04. The zero-order valence-corrected chi connectivity index (χ0v) is 10.3. The van der Waals surface area contributed by atoms with E-state index in [0.29, 0.717) is 6.04 Å². The number of likely N-dealkylation sites (tertiary alicyclic amines) is 1. The summed E-state index contributed by atoms with van der Waals surface area (Å²) in [6.45, 7) is 12.5. The van der Waals surface area contributed by atoms with Crippen LogP contribution in [0.15, 0.2) is 0 Å². The Hall–Kier alpha value is -0.730. The summed E-state index contributed by atoms with van der Waals surface area (Å²) in [4.78, 5) is 13.1. The van der Waals surface area contributed by atoms with Gasteiger partial charge in [-0.05, 0) is 34.1 Å². The number of rotatable bonds is 0. The molecule has 1 fully saturated rings. The number of carbonyl (C=O) groups excluding carboxylic acids is 1. The van der Waals surface area contributed by atoms with Crippen molar-refractivity contribution in [3.8, 4) is 0 Å². The molecule has 1 aliphatic heterocycles. The van der Waals surface area contributed by atoms with Gasteiger partial charge >= 0.3 is 6.09 Å². The van der Waals surface area contributed by atoms with Gasteiger partial charge in [0.05, 0.1) is 0 Å². The summed E-state index contributed by atoms with van der Waals surface area (Å²) in [7, 11) is 0. The van der Waals surface area contributed by atoms with E-state index in [0.717, 1.165) is 13.0 Å². The minimum Gasteiger partial charge on any atom is -0.444 e. The highest BCUT2D eigenvalue weighted by Gasteiger charge is 2.31. The van der Waals surface area contributed by atoms with E-state index in [2.05, 4.69) is 0 Å². The van der Waals surface area contributed by atoms with Crippen molar-refractivity contribution in [2.75, 3.05) is 6.54 Å². The summed E-state index contributed by atoms with van der Waals surface area (Å²) in [5.74, 6) is 0. The van der Waals surface area contributed by atoms with Crippen LogP contribution in [0.3, 0.4) is 0 Å².